The number of halogens is 2. The highest BCUT2D eigenvalue weighted by molar-refractivity contribution is 5.93. The van der Waals surface area contributed by atoms with Gasteiger partial charge in [0.15, 0.2) is 34.3 Å². The molecule has 0 aliphatic carbocycles. The minimum atomic E-state index is -1.67. The van der Waals surface area contributed by atoms with Gasteiger partial charge < -0.3 is 29.4 Å². The smallest absolute Gasteiger partial charge is 0.237 e. The van der Waals surface area contributed by atoms with Crippen LogP contribution in [0, 0.1) is 11.6 Å². The summed E-state index contributed by atoms with van der Waals surface area (Å²) >= 11 is 0. The fourth-order valence-corrected chi connectivity index (χ4v) is 4.32. The minimum absolute atomic E-state index is 0.0514. The summed E-state index contributed by atoms with van der Waals surface area (Å²) in [6, 6.07) is 6.70. The molecule has 2 N–H and O–H groups in total. The summed E-state index contributed by atoms with van der Waals surface area (Å²) in [6.45, 7) is 1.99. The van der Waals surface area contributed by atoms with Crippen LogP contribution in [0.2, 0.25) is 0 Å². The molecule has 2 unspecified atom stereocenters. The Morgan fingerprint density at radius 2 is 1.82 bits per heavy atom. The van der Waals surface area contributed by atoms with Gasteiger partial charge in [0.05, 0.1) is 32.9 Å². The van der Waals surface area contributed by atoms with E-state index in [1.807, 2.05) is 6.92 Å². The van der Waals surface area contributed by atoms with Crippen molar-refractivity contribution in [3.05, 3.63) is 65.6 Å². The number of rotatable bonds is 10. The predicted octanol–water partition coefficient (Wildman–Crippen LogP) is 4.07. The second-order valence-corrected chi connectivity index (χ2v) is 8.58. The third kappa shape index (κ3) is 4.84. The average Bonchev–Trinajstić information content (AvgIpc) is 2.90. The lowest BCUT2D eigenvalue weighted by Gasteiger charge is -2.32. The van der Waals surface area contributed by atoms with E-state index < -0.39 is 28.7 Å². The molecule has 4 rings (SSSR count). The molecule has 0 saturated heterocycles. The van der Waals surface area contributed by atoms with Crippen LogP contribution in [0.4, 0.5) is 8.78 Å². The summed E-state index contributed by atoms with van der Waals surface area (Å²) < 4.78 is 58.2. The number of benzene rings is 2. The number of allylic oxidation sites excluding steroid dienone is 1. The van der Waals surface area contributed by atoms with Gasteiger partial charge in [0.2, 0.25) is 5.91 Å². The van der Waals surface area contributed by atoms with Crippen LogP contribution in [-0.2, 0) is 19.7 Å². The van der Waals surface area contributed by atoms with E-state index in [0.717, 1.165) is 12.1 Å². The number of aromatic nitrogens is 1. The molecule has 2 heterocycles. The lowest BCUT2D eigenvalue weighted by molar-refractivity contribution is -0.123. The van der Waals surface area contributed by atoms with Crippen molar-refractivity contribution < 1.29 is 37.3 Å². The van der Waals surface area contributed by atoms with E-state index in [9.17, 15) is 4.79 Å². The Balaban J connectivity index is 1.76. The van der Waals surface area contributed by atoms with Gasteiger partial charge in [-0.3, -0.25) is 14.8 Å². The van der Waals surface area contributed by atoms with Gasteiger partial charge in [0.1, 0.15) is 17.6 Å². The maximum absolute atomic E-state index is 15.4. The van der Waals surface area contributed by atoms with Gasteiger partial charge in [-0.05, 0) is 42.8 Å². The first-order valence-corrected chi connectivity index (χ1v) is 11.6. The third-order valence-corrected chi connectivity index (χ3v) is 6.14. The molecule has 11 heteroatoms. The highest BCUT2D eigenvalue weighted by Crippen LogP contribution is 2.41. The van der Waals surface area contributed by atoms with Crippen LogP contribution in [-0.4, -0.2) is 57.7 Å². The Hall–Kier alpha value is -4.25. The number of nitrogens with zero attached hydrogens (tertiary/aromatic N) is 2. The predicted molar refractivity (Wildman–Crippen MR) is 136 cm³/mol. The maximum atomic E-state index is 15.4. The molecule has 200 valence electrons. The summed E-state index contributed by atoms with van der Waals surface area (Å²) in [4.78, 5) is 20.9. The van der Waals surface area contributed by atoms with Crippen LogP contribution in [0.15, 0.2) is 53.4 Å². The molecular weight excluding hydrogens is 500 g/mol. The Labute approximate surface area is 217 Å². The van der Waals surface area contributed by atoms with E-state index >= 15 is 8.78 Å². The number of primary amides is 1. The number of dihydropyridines is 1. The summed E-state index contributed by atoms with van der Waals surface area (Å²) in [5.41, 5.74) is 4.40. The Bertz CT molecular complexity index is 1400. The number of methoxy groups -OCH3 is 3. The number of hydrogen-bond acceptors (Lipinski definition) is 8. The molecule has 38 heavy (non-hydrogen) atoms. The quantitative estimate of drug-likeness (QED) is 0.423. The van der Waals surface area contributed by atoms with Gasteiger partial charge in [0.25, 0.3) is 0 Å². The van der Waals surface area contributed by atoms with Crippen LogP contribution in [0.1, 0.15) is 12.5 Å². The van der Waals surface area contributed by atoms with Crippen molar-refractivity contribution in [1.82, 2.24) is 4.98 Å². The Kier molecular flexibility index (Phi) is 7.77. The first-order chi connectivity index (χ1) is 18.2. The zero-order valence-corrected chi connectivity index (χ0v) is 21.3. The number of carbonyl (C=O) groups excluding carboxylic acids is 1. The van der Waals surface area contributed by atoms with E-state index in [-0.39, 0.29) is 29.7 Å². The number of carbonyl (C=O) groups is 1. The van der Waals surface area contributed by atoms with E-state index in [0.29, 0.717) is 29.0 Å². The highest BCUT2D eigenvalue weighted by Gasteiger charge is 2.46. The second kappa shape index (κ2) is 11.0. The van der Waals surface area contributed by atoms with Crippen molar-refractivity contribution in [2.24, 2.45) is 10.7 Å². The molecule has 0 spiro atoms. The maximum Gasteiger partial charge on any atom is 0.237 e. The number of nitrogens with two attached hydrogens (primary N) is 1. The van der Waals surface area contributed by atoms with E-state index in [4.69, 9.17) is 29.4 Å². The van der Waals surface area contributed by atoms with Gasteiger partial charge in [-0.2, -0.15) is 0 Å². The summed E-state index contributed by atoms with van der Waals surface area (Å²) in [7, 11) is 4.38. The second-order valence-electron chi connectivity index (χ2n) is 8.58. The lowest BCUT2D eigenvalue weighted by atomic mass is 9.76. The molecule has 1 aliphatic rings. The number of aliphatic imine (C=N–C) groups is 1. The number of ether oxygens (including phenoxy) is 5. The zero-order chi connectivity index (χ0) is 27.4. The molecule has 2 atom stereocenters. The first kappa shape index (κ1) is 26.8. The number of amides is 1. The SMILES string of the molecule is COCC(C)Oc1cc2c(Oc3c(F)cc(C4(C(N)=O)CN=CC=C4OC)cc3F)ccnc2cc1OC. The molecule has 1 aliphatic heterocycles. The van der Waals surface area contributed by atoms with Gasteiger partial charge >= 0.3 is 0 Å². The van der Waals surface area contributed by atoms with Gasteiger partial charge in [-0.1, -0.05) is 0 Å². The molecule has 0 saturated carbocycles. The third-order valence-electron chi connectivity index (χ3n) is 6.14. The van der Waals surface area contributed by atoms with E-state index in [2.05, 4.69) is 9.98 Å². The minimum Gasteiger partial charge on any atom is -0.499 e. The van der Waals surface area contributed by atoms with Crippen LogP contribution in [0.3, 0.4) is 0 Å². The van der Waals surface area contributed by atoms with Gasteiger partial charge in [0, 0.05) is 31.0 Å². The standard InChI is InChI=1S/C27H27F2N3O6/c1-15(13-34-2)37-23-11-17-20(12-22(23)35-3)32-8-5-21(17)38-25-18(28)9-16(10-19(25)29)27(26(30)33)14-31-7-6-24(27)36-4/h5-12,15H,13-14H2,1-4H3,(H2,30,33). The fraction of sp³-hybridized carbons (Fsp3) is 0.296. The van der Waals surface area contributed by atoms with Crippen LogP contribution < -0.4 is 19.9 Å². The molecule has 3 aromatic rings. The van der Waals surface area contributed by atoms with E-state index in [1.54, 1.807) is 19.2 Å². The van der Waals surface area contributed by atoms with Crippen molar-refractivity contribution in [3.8, 4) is 23.0 Å². The van der Waals surface area contributed by atoms with Crippen molar-refractivity contribution in [1.29, 1.82) is 0 Å². The summed E-state index contributed by atoms with van der Waals surface area (Å²) in [5, 5.41) is 0.426. The number of pyridine rings is 1. The van der Waals surface area contributed by atoms with Gasteiger partial charge in [-0.15, -0.1) is 0 Å². The Morgan fingerprint density at radius 1 is 1.08 bits per heavy atom. The molecule has 9 nitrogen and oxygen atoms in total. The van der Waals surface area contributed by atoms with Gasteiger partial charge in [-0.25, -0.2) is 8.78 Å². The largest absolute Gasteiger partial charge is 0.499 e. The molecule has 1 amide bonds. The molecule has 0 bridgehead atoms. The highest BCUT2D eigenvalue weighted by atomic mass is 19.1. The molecule has 1 aromatic heterocycles. The molecular formula is C27H27F2N3O6. The van der Waals surface area contributed by atoms with Crippen molar-refractivity contribution >= 4 is 23.0 Å². The normalized spacial score (nSPS) is 17.6. The number of hydrogen-bond donors (Lipinski definition) is 1. The summed E-state index contributed by atoms with van der Waals surface area (Å²) in [6.07, 6.45) is 4.00. The molecule has 0 radical (unpaired) electrons. The molecule has 2 aromatic carbocycles. The monoisotopic (exact) mass is 527 g/mol. The molecule has 0 fully saturated rings. The number of fused-ring (bicyclic) bond motifs is 1. The lowest BCUT2D eigenvalue weighted by Crippen LogP contribution is -2.47. The first-order valence-electron chi connectivity index (χ1n) is 11.6. The summed E-state index contributed by atoms with van der Waals surface area (Å²) in [5.74, 6) is -2.59. The van der Waals surface area contributed by atoms with Crippen molar-refractivity contribution in [3.63, 3.8) is 0 Å². The Morgan fingerprint density at radius 3 is 2.45 bits per heavy atom. The van der Waals surface area contributed by atoms with Crippen LogP contribution in [0.25, 0.3) is 10.9 Å². The topological polar surface area (TPSA) is 114 Å². The van der Waals surface area contributed by atoms with Crippen LogP contribution >= 0.6 is 0 Å². The van der Waals surface area contributed by atoms with Crippen molar-refractivity contribution in [2.45, 2.75) is 18.4 Å². The zero-order valence-electron chi connectivity index (χ0n) is 21.3. The van der Waals surface area contributed by atoms with Crippen molar-refractivity contribution in [2.75, 3.05) is 34.5 Å². The van der Waals surface area contributed by atoms with Crippen LogP contribution in [0.5, 0.6) is 23.0 Å². The van der Waals surface area contributed by atoms with E-state index in [1.165, 1.54) is 38.8 Å². The average molecular weight is 528 g/mol. The fourth-order valence-electron chi connectivity index (χ4n) is 4.32.